The zero-order valence-corrected chi connectivity index (χ0v) is 12.5. The van der Waals surface area contributed by atoms with Gasteiger partial charge in [0, 0.05) is 12.6 Å². The van der Waals surface area contributed by atoms with E-state index in [2.05, 4.69) is 36.1 Å². The molecule has 0 N–H and O–H groups in total. The molecule has 1 aliphatic carbocycles. The first-order valence-corrected chi connectivity index (χ1v) is 8.04. The van der Waals surface area contributed by atoms with E-state index in [0.29, 0.717) is 11.9 Å². The van der Waals surface area contributed by atoms with Gasteiger partial charge in [0.05, 0.1) is 5.41 Å². The van der Waals surface area contributed by atoms with E-state index >= 15 is 0 Å². The van der Waals surface area contributed by atoms with Gasteiger partial charge in [-0.05, 0) is 31.2 Å². The summed E-state index contributed by atoms with van der Waals surface area (Å²) in [7, 11) is 0. The Morgan fingerprint density at radius 2 is 1.85 bits per heavy atom. The molecule has 2 heteroatoms. The lowest BCUT2D eigenvalue weighted by Gasteiger charge is -2.32. The second kappa shape index (κ2) is 5.59. The van der Waals surface area contributed by atoms with Crippen LogP contribution in [0, 0.1) is 5.41 Å². The van der Waals surface area contributed by atoms with Gasteiger partial charge in [-0.1, -0.05) is 56.5 Å². The predicted octanol–water partition coefficient (Wildman–Crippen LogP) is 3.80. The summed E-state index contributed by atoms with van der Waals surface area (Å²) in [4.78, 5) is 15.1. The van der Waals surface area contributed by atoms with Crippen LogP contribution in [0.1, 0.15) is 51.0 Å². The largest absolute Gasteiger partial charge is 0.339 e. The molecule has 2 nitrogen and oxygen atoms in total. The highest BCUT2D eigenvalue weighted by molar-refractivity contribution is 5.85. The smallest absolute Gasteiger partial charge is 0.229 e. The van der Waals surface area contributed by atoms with Gasteiger partial charge >= 0.3 is 0 Å². The molecule has 1 saturated heterocycles. The highest BCUT2D eigenvalue weighted by atomic mass is 16.2. The van der Waals surface area contributed by atoms with E-state index in [1.165, 1.54) is 37.7 Å². The number of rotatable bonds is 3. The Morgan fingerprint density at radius 3 is 2.55 bits per heavy atom. The van der Waals surface area contributed by atoms with Crippen LogP contribution in [0.3, 0.4) is 0 Å². The zero-order valence-electron chi connectivity index (χ0n) is 12.5. The quantitative estimate of drug-likeness (QED) is 0.819. The van der Waals surface area contributed by atoms with Crippen molar-refractivity contribution in [2.45, 2.75) is 57.9 Å². The summed E-state index contributed by atoms with van der Waals surface area (Å²) >= 11 is 0. The van der Waals surface area contributed by atoms with Gasteiger partial charge in [-0.25, -0.2) is 0 Å². The number of nitrogens with zero attached hydrogens (tertiary/aromatic N) is 1. The fraction of sp³-hybridized carbons (Fsp3) is 0.611. The zero-order chi connectivity index (χ0) is 14.0. The lowest BCUT2D eigenvalue weighted by atomic mass is 9.82. The molecular formula is C18H25NO. The second-order valence-electron chi connectivity index (χ2n) is 6.76. The summed E-state index contributed by atoms with van der Waals surface area (Å²) in [6.07, 6.45) is 8.26. The lowest BCUT2D eigenvalue weighted by Crippen LogP contribution is -2.41. The third-order valence-electron chi connectivity index (χ3n) is 5.13. The fourth-order valence-electron chi connectivity index (χ4n) is 3.87. The number of hydrogen-bond acceptors (Lipinski definition) is 1. The van der Waals surface area contributed by atoms with Gasteiger partial charge in [0.25, 0.3) is 0 Å². The van der Waals surface area contributed by atoms with Crippen LogP contribution in [-0.2, 0) is 11.2 Å². The Kier molecular flexibility index (Phi) is 3.82. The van der Waals surface area contributed by atoms with Crippen molar-refractivity contribution >= 4 is 5.91 Å². The van der Waals surface area contributed by atoms with E-state index < -0.39 is 0 Å². The SMILES string of the molecule is CC1(Cc2ccccc2)CCN(C2CCCCC2)C1=O. The molecule has 0 radical (unpaired) electrons. The molecule has 1 saturated carbocycles. The van der Waals surface area contributed by atoms with E-state index in [1.54, 1.807) is 0 Å². The third kappa shape index (κ3) is 2.61. The molecule has 0 bridgehead atoms. The maximum absolute atomic E-state index is 12.9. The third-order valence-corrected chi connectivity index (χ3v) is 5.13. The summed E-state index contributed by atoms with van der Waals surface area (Å²) in [5.74, 6) is 0.397. The summed E-state index contributed by atoms with van der Waals surface area (Å²) in [5.41, 5.74) is 1.10. The minimum absolute atomic E-state index is 0.182. The van der Waals surface area contributed by atoms with Crippen molar-refractivity contribution in [3.05, 3.63) is 35.9 Å². The van der Waals surface area contributed by atoms with Crippen molar-refractivity contribution < 1.29 is 4.79 Å². The molecule has 1 aromatic rings. The minimum Gasteiger partial charge on any atom is -0.339 e. The average molecular weight is 271 g/mol. The van der Waals surface area contributed by atoms with E-state index in [-0.39, 0.29) is 5.41 Å². The maximum atomic E-state index is 12.9. The first-order valence-electron chi connectivity index (χ1n) is 8.04. The molecule has 20 heavy (non-hydrogen) atoms. The number of benzene rings is 1. The van der Waals surface area contributed by atoms with Crippen molar-refractivity contribution in [1.82, 2.24) is 4.90 Å². The second-order valence-corrected chi connectivity index (χ2v) is 6.76. The van der Waals surface area contributed by atoms with Crippen LogP contribution in [0.5, 0.6) is 0 Å². The average Bonchev–Trinajstić information content (AvgIpc) is 2.77. The molecule has 2 fully saturated rings. The van der Waals surface area contributed by atoms with Crippen molar-refractivity contribution in [1.29, 1.82) is 0 Å². The number of likely N-dealkylation sites (tertiary alicyclic amines) is 1. The van der Waals surface area contributed by atoms with Gasteiger partial charge in [-0.2, -0.15) is 0 Å². The molecule has 2 aliphatic rings. The van der Waals surface area contributed by atoms with E-state index in [4.69, 9.17) is 0 Å². The number of hydrogen-bond donors (Lipinski definition) is 0. The molecule has 1 unspecified atom stereocenters. The van der Waals surface area contributed by atoms with E-state index in [0.717, 1.165) is 19.4 Å². The van der Waals surface area contributed by atoms with Crippen molar-refractivity contribution in [3.8, 4) is 0 Å². The van der Waals surface area contributed by atoms with Gasteiger partial charge in [0.2, 0.25) is 5.91 Å². The Morgan fingerprint density at radius 1 is 1.15 bits per heavy atom. The van der Waals surface area contributed by atoms with Crippen LogP contribution in [0.25, 0.3) is 0 Å². The van der Waals surface area contributed by atoms with E-state index in [9.17, 15) is 4.79 Å². The van der Waals surface area contributed by atoms with Crippen molar-refractivity contribution in [2.24, 2.45) is 5.41 Å². The van der Waals surface area contributed by atoms with Gasteiger partial charge in [0.1, 0.15) is 0 Å². The van der Waals surface area contributed by atoms with Crippen LogP contribution in [0.4, 0.5) is 0 Å². The standard InChI is InChI=1S/C18H25NO/c1-18(14-15-8-4-2-5-9-15)12-13-19(17(18)20)16-10-6-3-7-11-16/h2,4-5,8-9,16H,3,6-7,10-14H2,1H3. The summed E-state index contributed by atoms with van der Waals surface area (Å²) < 4.78 is 0. The van der Waals surface area contributed by atoms with E-state index in [1.807, 2.05) is 6.07 Å². The molecule has 1 atom stereocenters. The van der Waals surface area contributed by atoms with Crippen LogP contribution in [0.15, 0.2) is 30.3 Å². The van der Waals surface area contributed by atoms with Crippen LogP contribution in [0.2, 0.25) is 0 Å². The Labute approximate surface area is 122 Å². The number of carbonyl (C=O) groups is 1. The predicted molar refractivity (Wildman–Crippen MR) is 81.5 cm³/mol. The first kappa shape index (κ1) is 13.7. The van der Waals surface area contributed by atoms with Gasteiger partial charge in [-0.15, -0.1) is 0 Å². The Hall–Kier alpha value is -1.31. The first-order chi connectivity index (χ1) is 9.69. The normalized spacial score (nSPS) is 28.1. The van der Waals surface area contributed by atoms with Crippen molar-refractivity contribution in [3.63, 3.8) is 0 Å². The number of carbonyl (C=O) groups excluding carboxylic acids is 1. The monoisotopic (exact) mass is 271 g/mol. The topological polar surface area (TPSA) is 20.3 Å². The molecule has 108 valence electrons. The van der Waals surface area contributed by atoms with Crippen LogP contribution in [-0.4, -0.2) is 23.4 Å². The number of amides is 1. The molecule has 0 aromatic heterocycles. The Balaban J connectivity index is 1.70. The van der Waals surface area contributed by atoms with Crippen LogP contribution >= 0.6 is 0 Å². The minimum atomic E-state index is -0.182. The molecular weight excluding hydrogens is 246 g/mol. The van der Waals surface area contributed by atoms with Gasteiger partial charge in [-0.3, -0.25) is 4.79 Å². The Bertz CT molecular complexity index is 464. The summed E-state index contributed by atoms with van der Waals surface area (Å²) in [6, 6.07) is 11.0. The molecule has 3 rings (SSSR count). The fourth-order valence-corrected chi connectivity index (χ4v) is 3.87. The lowest BCUT2D eigenvalue weighted by molar-refractivity contribution is -0.137. The molecule has 1 heterocycles. The summed E-state index contributed by atoms with van der Waals surface area (Å²) in [5, 5.41) is 0. The highest BCUT2D eigenvalue weighted by Gasteiger charge is 2.44. The van der Waals surface area contributed by atoms with Gasteiger partial charge in [0.15, 0.2) is 0 Å². The summed E-state index contributed by atoms with van der Waals surface area (Å²) in [6.45, 7) is 3.12. The maximum Gasteiger partial charge on any atom is 0.229 e. The van der Waals surface area contributed by atoms with Crippen molar-refractivity contribution in [2.75, 3.05) is 6.54 Å². The molecule has 1 aliphatic heterocycles. The molecule has 1 amide bonds. The van der Waals surface area contributed by atoms with Gasteiger partial charge < -0.3 is 4.90 Å². The highest BCUT2D eigenvalue weighted by Crippen LogP contribution is 2.38. The van der Waals surface area contributed by atoms with Crippen LogP contribution < -0.4 is 0 Å². The molecule has 1 aromatic carbocycles. The molecule has 0 spiro atoms.